The first-order valence-electron chi connectivity index (χ1n) is 5.61. The van der Waals surface area contributed by atoms with Crippen LogP contribution in [-0.2, 0) is 5.41 Å². The first-order chi connectivity index (χ1) is 7.36. The SMILES string of the molecule is CC(CBr)N(C)c1ccc(C(C)(C)C)cn1. The number of halogens is 1. The second kappa shape index (κ2) is 5.17. The van der Waals surface area contributed by atoms with Gasteiger partial charge in [-0.3, -0.25) is 0 Å². The van der Waals surface area contributed by atoms with Crippen molar-refractivity contribution in [3.05, 3.63) is 23.9 Å². The van der Waals surface area contributed by atoms with Crippen LogP contribution in [0.2, 0.25) is 0 Å². The van der Waals surface area contributed by atoms with E-state index in [1.165, 1.54) is 5.56 Å². The van der Waals surface area contributed by atoms with Crippen LogP contribution in [0.25, 0.3) is 0 Å². The summed E-state index contributed by atoms with van der Waals surface area (Å²) in [7, 11) is 2.07. The highest BCUT2D eigenvalue weighted by Crippen LogP contribution is 2.23. The molecule has 1 unspecified atom stereocenters. The molecule has 0 radical (unpaired) electrons. The number of alkyl halides is 1. The lowest BCUT2D eigenvalue weighted by molar-refractivity contribution is 0.587. The lowest BCUT2D eigenvalue weighted by atomic mass is 9.88. The molecule has 0 fully saturated rings. The van der Waals surface area contributed by atoms with Gasteiger partial charge in [0.1, 0.15) is 5.82 Å². The van der Waals surface area contributed by atoms with E-state index in [1.54, 1.807) is 0 Å². The third-order valence-corrected chi connectivity index (χ3v) is 3.80. The number of hydrogen-bond donors (Lipinski definition) is 0. The second-order valence-corrected chi connectivity index (χ2v) is 5.92. The number of hydrogen-bond acceptors (Lipinski definition) is 2. The van der Waals surface area contributed by atoms with Gasteiger partial charge in [0, 0.05) is 24.6 Å². The maximum Gasteiger partial charge on any atom is 0.128 e. The van der Waals surface area contributed by atoms with Crippen molar-refractivity contribution >= 4 is 21.7 Å². The first-order valence-corrected chi connectivity index (χ1v) is 6.73. The van der Waals surface area contributed by atoms with Gasteiger partial charge in [0.2, 0.25) is 0 Å². The minimum atomic E-state index is 0.172. The van der Waals surface area contributed by atoms with Crippen molar-refractivity contribution in [2.75, 3.05) is 17.3 Å². The monoisotopic (exact) mass is 284 g/mol. The van der Waals surface area contributed by atoms with Crippen LogP contribution in [-0.4, -0.2) is 23.4 Å². The predicted molar refractivity (Wildman–Crippen MR) is 74.6 cm³/mol. The topological polar surface area (TPSA) is 16.1 Å². The molecule has 1 atom stereocenters. The van der Waals surface area contributed by atoms with Gasteiger partial charge < -0.3 is 4.90 Å². The fourth-order valence-electron chi connectivity index (χ4n) is 1.37. The summed E-state index contributed by atoms with van der Waals surface area (Å²) in [4.78, 5) is 6.70. The Kier molecular flexibility index (Phi) is 4.36. The van der Waals surface area contributed by atoms with Crippen LogP contribution in [0.15, 0.2) is 18.3 Å². The maximum atomic E-state index is 4.52. The zero-order chi connectivity index (χ0) is 12.3. The van der Waals surface area contributed by atoms with E-state index >= 15 is 0 Å². The van der Waals surface area contributed by atoms with Crippen molar-refractivity contribution in [2.24, 2.45) is 0 Å². The molecule has 3 heteroatoms. The highest BCUT2D eigenvalue weighted by Gasteiger charge is 2.15. The summed E-state index contributed by atoms with van der Waals surface area (Å²) in [6.45, 7) is 8.78. The Labute approximate surface area is 107 Å². The molecule has 2 nitrogen and oxygen atoms in total. The van der Waals surface area contributed by atoms with E-state index < -0.39 is 0 Å². The normalized spacial score (nSPS) is 13.6. The van der Waals surface area contributed by atoms with Crippen molar-refractivity contribution in [1.82, 2.24) is 4.98 Å². The van der Waals surface area contributed by atoms with Crippen LogP contribution in [0.3, 0.4) is 0 Å². The van der Waals surface area contributed by atoms with Crippen molar-refractivity contribution in [3.8, 4) is 0 Å². The molecule has 0 amide bonds. The van der Waals surface area contributed by atoms with Crippen LogP contribution in [0, 0.1) is 0 Å². The fourth-order valence-corrected chi connectivity index (χ4v) is 1.80. The summed E-state index contributed by atoms with van der Waals surface area (Å²) in [6, 6.07) is 4.72. The Morgan fingerprint density at radius 2 is 2.00 bits per heavy atom. The average Bonchev–Trinajstić information content (AvgIpc) is 2.26. The summed E-state index contributed by atoms with van der Waals surface area (Å²) in [5.41, 5.74) is 1.45. The molecule has 1 aromatic heterocycles. The molecule has 0 aromatic carbocycles. The number of anilines is 1. The van der Waals surface area contributed by atoms with E-state index in [9.17, 15) is 0 Å². The molecule has 90 valence electrons. The second-order valence-electron chi connectivity index (χ2n) is 5.27. The van der Waals surface area contributed by atoms with Crippen molar-refractivity contribution in [3.63, 3.8) is 0 Å². The van der Waals surface area contributed by atoms with E-state index in [4.69, 9.17) is 0 Å². The summed E-state index contributed by atoms with van der Waals surface area (Å²) in [5.74, 6) is 1.03. The number of pyridine rings is 1. The van der Waals surface area contributed by atoms with Crippen LogP contribution in [0.5, 0.6) is 0 Å². The van der Waals surface area contributed by atoms with Gasteiger partial charge in [0.05, 0.1) is 0 Å². The first kappa shape index (κ1) is 13.5. The Morgan fingerprint density at radius 1 is 1.38 bits per heavy atom. The third kappa shape index (κ3) is 3.21. The minimum Gasteiger partial charge on any atom is -0.356 e. The standard InChI is InChI=1S/C13H21BrN2/c1-10(8-14)16(5)12-7-6-11(9-15-12)13(2,3)4/h6-7,9-10H,8H2,1-5H3. The van der Waals surface area contributed by atoms with E-state index in [0.717, 1.165) is 11.1 Å². The Bertz CT molecular complexity index is 327. The van der Waals surface area contributed by atoms with Crippen LogP contribution in [0.1, 0.15) is 33.3 Å². The maximum absolute atomic E-state index is 4.52. The van der Waals surface area contributed by atoms with Gasteiger partial charge in [-0.1, -0.05) is 42.8 Å². The third-order valence-electron chi connectivity index (χ3n) is 2.86. The highest BCUT2D eigenvalue weighted by atomic mass is 79.9. The molecule has 0 aliphatic carbocycles. The van der Waals surface area contributed by atoms with Crippen molar-refractivity contribution < 1.29 is 0 Å². The molecule has 0 saturated carbocycles. The molecule has 0 saturated heterocycles. The largest absolute Gasteiger partial charge is 0.356 e. The summed E-state index contributed by atoms with van der Waals surface area (Å²) >= 11 is 3.49. The Morgan fingerprint density at radius 3 is 2.38 bits per heavy atom. The van der Waals surface area contributed by atoms with E-state index in [2.05, 4.69) is 72.7 Å². The molecular formula is C13H21BrN2. The zero-order valence-corrected chi connectivity index (χ0v) is 12.4. The zero-order valence-electron chi connectivity index (χ0n) is 10.8. The molecule has 1 aromatic rings. The van der Waals surface area contributed by atoms with Crippen LogP contribution >= 0.6 is 15.9 Å². The van der Waals surface area contributed by atoms with Crippen LogP contribution < -0.4 is 4.90 Å². The van der Waals surface area contributed by atoms with Gasteiger partial charge in [0.15, 0.2) is 0 Å². The Balaban J connectivity index is 2.87. The Hall–Kier alpha value is -0.570. The van der Waals surface area contributed by atoms with Crippen LogP contribution in [0.4, 0.5) is 5.82 Å². The van der Waals surface area contributed by atoms with Gasteiger partial charge in [-0.05, 0) is 24.0 Å². The van der Waals surface area contributed by atoms with Gasteiger partial charge in [0.25, 0.3) is 0 Å². The van der Waals surface area contributed by atoms with E-state index in [0.29, 0.717) is 6.04 Å². The molecule has 0 N–H and O–H groups in total. The molecule has 0 bridgehead atoms. The number of rotatable bonds is 3. The van der Waals surface area contributed by atoms with Gasteiger partial charge in [-0.15, -0.1) is 0 Å². The number of nitrogens with zero attached hydrogens (tertiary/aromatic N) is 2. The number of aromatic nitrogens is 1. The molecule has 0 aliphatic rings. The summed E-state index contributed by atoms with van der Waals surface area (Å²) in [5, 5.41) is 0.951. The lowest BCUT2D eigenvalue weighted by Gasteiger charge is -2.25. The van der Waals surface area contributed by atoms with Gasteiger partial charge >= 0.3 is 0 Å². The lowest BCUT2D eigenvalue weighted by Crippen LogP contribution is -2.30. The molecule has 0 aliphatic heterocycles. The minimum absolute atomic E-state index is 0.172. The van der Waals surface area contributed by atoms with Gasteiger partial charge in [-0.25, -0.2) is 4.98 Å². The molecular weight excluding hydrogens is 264 g/mol. The molecule has 16 heavy (non-hydrogen) atoms. The quantitative estimate of drug-likeness (QED) is 0.789. The fraction of sp³-hybridized carbons (Fsp3) is 0.615. The summed E-state index contributed by atoms with van der Waals surface area (Å²) in [6.07, 6.45) is 1.98. The van der Waals surface area contributed by atoms with E-state index in [-0.39, 0.29) is 5.41 Å². The smallest absolute Gasteiger partial charge is 0.128 e. The molecule has 0 spiro atoms. The van der Waals surface area contributed by atoms with Crippen molar-refractivity contribution in [2.45, 2.75) is 39.2 Å². The highest BCUT2D eigenvalue weighted by molar-refractivity contribution is 9.09. The summed E-state index contributed by atoms with van der Waals surface area (Å²) < 4.78 is 0. The molecule has 1 rings (SSSR count). The average molecular weight is 285 g/mol. The van der Waals surface area contributed by atoms with E-state index in [1.807, 2.05) is 6.20 Å². The van der Waals surface area contributed by atoms with Gasteiger partial charge in [-0.2, -0.15) is 0 Å². The predicted octanol–water partition coefficient (Wildman–Crippen LogP) is 3.60. The molecule has 1 heterocycles. The van der Waals surface area contributed by atoms with Crippen molar-refractivity contribution in [1.29, 1.82) is 0 Å².